The van der Waals surface area contributed by atoms with Crippen molar-refractivity contribution >= 4 is 17.9 Å². The maximum Gasteiger partial charge on any atom is 0.336 e. The van der Waals surface area contributed by atoms with Crippen LogP contribution >= 0.6 is 0 Å². The Morgan fingerprint density at radius 3 is 2.62 bits per heavy atom. The van der Waals surface area contributed by atoms with Gasteiger partial charge in [-0.2, -0.15) is 0 Å². The smallest absolute Gasteiger partial charge is 0.336 e. The molecule has 0 saturated carbocycles. The Morgan fingerprint density at radius 2 is 2.03 bits per heavy atom. The number of carbonyl (C=O) groups excluding carboxylic acids is 3. The minimum atomic E-state index is -0.696. The molecule has 7 nitrogen and oxygen atoms in total. The second-order valence-electron chi connectivity index (χ2n) is 7.34. The zero-order valence-electron chi connectivity index (χ0n) is 17.3. The largest absolute Gasteiger partial charge is 0.458 e. The highest BCUT2D eigenvalue weighted by Gasteiger charge is 2.45. The van der Waals surface area contributed by atoms with Crippen LogP contribution in [-0.4, -0.2) is 47.9 Å². The maximum atomic E-state index is 12.4. The molecule has 0 bridgehead atoms. The number of ether oxygens (including phenoxy) is 3. The number of carbonyl (C=O) groups is 3. The van der Waals surface area contributed by atoms with E-state index in [1.165, 1.54) is 13.0 Å². The number of fused-ring (bicyclic) bond motifs is 1. The minimum absolute atomic E-state index is 0.137. The second kappa shape index (κ2) is 9.69. The SMILES string of the molecule is C=C1C(=O)O[C@@H]2/C=C(/C)[C@H](OC(C)=O)C/C=C(/C)C[C@@H](OC(=O)/C(=C/C)CO)[C@@H]12. The highest BCUT2D eigenvalue weighted by molar-refractivity contribution is 5.92. The van der Waals surface area contributed by atoms with Gasteiger partial charge in [0.25, 0.3) is 0 Å². The van der Waals surface area contributed by atoms with Gasteiger partial charge in [0, 0.05) is 25.3 Å². The molecule has 0 aromatic rings. The molecule has 158 valence electrons. The summed E-state index contributed by atoms with van der Waals surface area (Å²) in [5.41, 5.74) is 2.00. The van der Waals surface area contributed by atoms with Gasteiger partial charge in [-0.15, -0.1) is 0 Å². The molecule has 1 heterocycles. The highest BCUT2D eigenvalue weighted by atomic mass is 16.6. The van der Waals surface area contributed by atoms with Crippen LogP contribution in [-0.2, 0) is 28.6 Å². The van der Waals surface area contributed by atoms with E-state index in [0.717, 1.165) is 11.1 Å². The topological polar surface area (TPSA) is 99.1 Å². The van der Waals surface area contributed by atoms with Crippen LogP contribution in [0.25, 0.3) is 0 Å². The molecule has 7 heteroatoms. The predicted octanol–water partition coefficient (Wildman–Crippen LogP) is 2.55. The van der Waals surface area contributed by atoms with Gasteiger partial charge < -0.3 is 19.3 Å². The first-order valence-corrected chi connectivity index (χ1v) is 9.55. The molecular formula is C22H28O7. The van der Waals surface area contributed by atoms with Crippen LogP contribution in [0.2, 0.25) is 0 Å². The standard InChI is InChI=1S/C22H28O7/c1-6-16(11-23)22(26)29-18-9-12(2)7-8-17(27-15(5)24)13(3)10-19-20(18)14(4)21(25)28-19/h6-7,10,17-20,23H,4,8-9,11H2,1-3,5H3/b12-7-,13-10-,16-6+/t17-,18-,19-,20-/m1/s1. The summed E-state index contributed by atoms with van der Waals surface area (Å²) >= 11 is 0. The van der Waals surface area contributed by atoms with Crippen molar-refractivity contribution in [1.82, 2.24) is 0 Å². The van der Waals surface area contributed by atoms with Crippen LogP contribution < -0.4 is 0 Å². The van der Waals surface area contributed by atoms with Crippen LogP contribution in [0.5, 0.6) is 0 Å². The van der Waals surface area contributed by atoms with Crippen molar-refractivity contribution < 1.29 is 33.7 Å². The maximum absolute atomic E-state index is 12.4. The number of hydrogen-bond acceptors (Lipinski definition) is 7. The Kier molecular flexibility index (Phi) is 7.56. The van der Waals surface area contributed by atoms with E-state index in [4.69, 9.17) is 14.2 Å². The molecule has 0 radical (unpaired) electrons. The number of hydrogen-bond donors (Lipinski definition) is 1. The predicted molar refractivity (Wildman–Crippen MR) is 106 cm³/mol. The minimum Gasteiger partial charge on any atom is -0.458 e. The summed E-state index contributed by atoms with van der Waals surface area (Å²) < 4.78 is 16.5. The molecule has 1 aliphatic carbocycles. The fraction of sp³-hybridized carbons (Fsp3) is 0.500. The summed E-state index contributed by atoms with van der Waals surface area (Å²) in [5.74, 6) is -2.18. The molecule has 0 amide bonds. The van der Waals surface area contributed by atoms with Gasteiger partial charge in [-0.05, 0) is 32.4 Å². The Labute approximate surface area is 170 Å². The first-order chi connectivity index (χ1) is 13.7. The fourth-order valence-corrected chi connectivity index (χ4v) is 3.51. The summed E-state index contributed by atoms with van der Waals surface area (Å²) in [6.07, 6.45) is 4.09. The van der Waals surface area contributed by atoms with Crippen molar-refractivity contribution in [2.75, 3.05) is 6.61 Å². The van der Waals surface area contributed by atoms with E-state index in [9.17, 15) is 19.5 Å². The van der Waals surface area contributed by atoms with Crippen molar-refractivity contribution in [2.45, 2.75) is 58.8 Å². The Bertz CT molecular complexity index is 787. The van der Waals surface area contributed by atoms with E-state index in [2.05, 4.69) is 6.58 Å². The number of aliphatic hydroxyl groups is 1. The monoisotopic (exact) mass is 404 g/mol. The van der Waals surface area contributed by atoms with Crippen LogP contribution in [0.3, 0.4) is 0 Å². The van der Waals surface area contributed by atoms with Crippen molar-refractivity contribution in [3.05, 3.63) is 47.1 Å². The quantitative estimate of drug-likeness (QED) is 0.333. The zero-order valence-corrected chi connectivity index (χ0v) is 17.3. The number of allylic oxidation sites excluding steroid dienone is 1. The third-order valence-electron chi connectivity index (χ3n) is 5.15. The zero-order chi connectivity index (χ0) is 21.7. The molecule has 1 fully saturated rings. The van der Waals surface area contributed by atoms with Crippen molar-refractivity contribution in [3.8, 4) is 0 Å². The first kappa shape index (κ1) is 22.6. The van der Waals surface area contributed by atoms with Gasteiger partial charge in [-0.3, -0.25) is 4.79 Å². The number of rotatable bonds is 4. The lowest BCUT2D eigenvalue weighted by atomic mass is 9.85. The molecule has 29 heavy (non-hydrogen) atoms. The van der Waals surface area contributed by atoms with Gasteiger partial charge in [-0.25, -0.2) is 9.59 Å². The van der Waals surface area contributed by atoms with Crippen LogP contribution in [0.4, 0.5) is 0 Å². The van der Waals surface area contributed by atoms with E-state index in [-0.39, 0.29) is 11.1 Å². The lowest BCUT2D eigenvalue weighted by molar-refractivity contribution is -0.148. The lowest BCUT2D eigenvalue weighted by Crippen LogP contribution is -2.34. The molecular weight excluding hydrogens is 376 g/mol. The Hall–Kier alpha value is -2.67. The summed E-state index contributed by atoms with van der Waals surface area (Å²) in [6.45, 7) is 10.1. The first-order valence-electron chi connectivity index (χ1n) is 9.55. The molecule has 1 saturated heterocycles. The van der Waals surface area contributed by atoms with E-state index < -0.39 is 48.7 Å². The Morgan fingerprint density at radius 1 is 1.34 bits per heavy atom. The van der Waals surface area contributed by atoms with Crippen molar-refractivity contribution in [2.24, 2.45) is 5.92 Å². The van der Waals surface area contributed by atoms with Crippen LogP contribution in [0, 0.1) is 5.92 Å². The molecule has 4 atom stereocenters. The van der Waals surface area contributed by atoms with Crippen molar-refractivity contribution in [3.63, 3.8) is 0 Å². The third-order valence-corrected chi connectivity index (χ3v) is 5.15. The van der Waals surface area contributed by atoms with E-state index >= 15 is 0 Å². The van der Waals surface area contributed by atoms with Crippen LogP contribution in [0.1, 0.15) is 40.5 Å². The van der Waals surface area contributed by atoms with Gasteiger partial charge in [0.15, 0.2) is 0 Å². The summed E-state index contributed by atoms with van der Waals surface area (Å²) in [5, 5.41) is 9.35. The molecule has 2 rings (SSSR count). The Balaban J connectivity index is 2.43. The molecule has 1 N–H and O–H groups in total. The van der Waals surface area contributed by atoms with Crippen molar-refractivity contribution in [1.29, 1.82) is 0 Å². The van der Waals surface area contributed by atoms with E-state index in [0.29, 0.717) is 12.8 Å². The summed E-state index contributed by atoms with van der Waals surface area (Å²) in [7, 11) is 0. The fourth-order valence-electron chi connectivity index (χ4n) is 3.51. The molecule has 0 aromatic heterocycles. The van der Waals surface area contributed by atoms with Gasteiger partial charge >= 0.3 is 17.9 Å². The molecule has 0 spiro atoms. The highest BCUT2D eigenvalue weighted by Crippen LogP contribution is 2.36. The molecule has 0 unspecified atom stereocenters. The normalized spacial score (nSPS) is 31.6. The second-order valence-corrected chi connectivity index (χ2v) is 7.34. The lowest BCUT2D eigenvalue weighted by Gasteiger charge is -2.28. The molecule has 1 aliphatic heterocycles. The average Bonchev–Trinajstić information content (AvgIpc) is 2.91. The van der Waals surface area contributed by atoms with Gasteiger partial charge in [-0.1, -0.05) is 24.3 Å². The van der Waals surface area contributed by atoms with E-state index in [1.807, 2.05) is 13.0 Å². The molecule has 2 aliphatic rings. The summed E-state index contributed by atoms with van der Waals surface area (Å²) in [4.78, 5) is 36.1. The number of aliphatic hydroxyl groups excluding tert-OH is 1. The van der Waals surface area contributed by atoms with Gasteiger partial charge in [0.2, 0.25) is 0 Å². The van der Waals surface area contributed by atoms with Gasteiger partial charge in [0.05, 0.1) is 18.1 Å². The van der Waals surface area contributed by atoms with Gasteiger partial charge in [0.1, 0.15) is 18.3 Å². The third kappa shape index (κ3) is 5.44. The van der Waals surface area contributed by atoms with Crippen LogP contribution in [0.15, 0.2) is 47.1 Å². The van der Waals surface area contributed by atoms with E-state index in [1.54, 1.807) is 19.9 Å². The number of esters is 3. The summed E-state index contributed by atoms with van der Waals surface area (Å²) in [6, 6.07) is 0. The average molecular weight is 404 g/mol. The molecule has 0 aromatic carbocycles.